The van der Waals surface area contributed by atoms with Crippen LogP contribution in [0.15, 0.2) is 169 Å². The maximum Gasteiger partial charge on any atom is 2.00 e. The summed E-state index contributed by atoms with van der Waals surface area (Å²) in [6, 6.07) is 35.2. The van der Waals surface area contributed by atoms with E-state index in [9.17, 15) is 46.1 Å². The number of nitrogens with one attached hydrogen (secondary N) is 1. The summed E-state index contributed by atoms with van der Waals surface area (Å²) in [5.41, 5.74) is 1.53. The number of azo groups is 2. The quantitative estimate of drug-likeness (QED) is 0.0231. The van der Waals surface area contributed by atoms with Gasteiger partial charge in [-0.15, -0.1) is 15.3 Å². The zero-order chi connectivity index (χ0) is 54.9. The predicted molar refractivity (Wildman–Crippen MR) is 294 cm³/mol. The van der Waals surface area contributed by atoms with Gasteiger partial charge in [0, 0.05) is 10.8 Å². The fraction of sp³-hybridized carbons (Fsp3) is 0.148. The summed E-state index contributed by atoms with van der Waals surface area (Å²) in [6.45, 7) is 7.93. The Balaban J connectivity index is 0.000000246. The van der Waals surface area contributed by atoms with Gasteiger partial charge in [0.25, 0.3) is 26.1 Å². The molecule has 0 heterocycles. The van der Waals surface area contributed by atoms with Crippen LogP contribution in [0.3, 0.4) is 0 Å². The molecule has 0 spiro atoms. The molecule has 0 saturated carbocycles. The first-order valence-corrected chi connectivity index (χ1v) is 26.8. The van der Waals surface area contributed by atoms with Crippen molar-refractivity contribution in [3.05, 3.63) is 166 Å². The van der Waals surface area contributed by atoms with Crippen molar-refractivity contribution >= 4 is 149 Å². The number of nitrogens with zero attached hydrogens (tertiary/aromatic N) is 5. The molecule has 23 heteroatoms. The summed E-state index contributed by atoms with van der Waals surface area (Å²) >= 11 is 12.6. The number of amides is 1. The van der Waals surface area contributed by atoms with Crippen molar-refractivity contribution in [2.24, 2.45) is 25.4 Å². The Labute approximate surface area is 483 Å². The van der Waals surface area contributed by atoms with Gasteiger partial charge in [0.2, 0.25) is 0 Å². The van der Waals surface area contributed by atoms with Crippen LogP contribution in [0.5, 0.6) is 23.0 Å². The van der Waals surface area contributed by atoms with Gasteiger partial charge in [-0.3, -0.25) is 18.9 Å². The third kappa shape index (κ3) is 14.1. The molecule has 0 saturated heterocycles. The van der Waals surface area contributed by atoms with Crippen LogP contribution in [-0.4, -0.2) is 93.8 Å². The topological polar surface area (TPSA) is 284 Å². The number of aliphatic imine (C=N–C) groups is 1. The molecule has 77 heavy (non-hydrogen) atoms. The fourth-order valence-corrected chi connectivity index (χ4v) is 9.51. The summed E-state index contributed by atoms with van der Waals surface area (Å²) in [4.78, 5) is 16.6. The number of rotatable bonds is 16. The van der Waals surface area contributed by atoms with Crippen LogP contribution in [0.4, 0.5) is 34.1 Å². The number of ether oxygens (including phenoxy) is 2. The molecular weight excluding hydrogens is 1100 g/mol. The van der Waals surface area contributed by atoms with E-state index in [0.29, 0.717) is 75.9 Å². The minimum atomic E-state index is -4.49. The summed E-state index contributed by atoms with van der Waals surface area (Å²) in [7, 11) is -8.96. The number of benzene rings is 8. The molecule has 0 aromatic heterocycles. The van der Waals surface area contributed by atoms with Crippen molar-refractivity contribution in [1.82, 2.24) is 0 Å². The van der Waals surface area contributed by atoms with Crippen LogP contribution in [0.2, 0.25) is 10.0 Å². The number of phenolic OH excluding ortho intramolecular Hbond substituents is 1. The summed E-state index contributed by atoms with van der Waals surface area (Å²) in [6.07, 6.45) is 0.658. The normalized spacial score (nSPS) is 11.9. The first-order valence-electron chi connectivity index (χ1n) is 23.2. The Bertz CT molecular complexity index is 3860. The van der Waals surface area contributed by atoms with E-state index < -0.39 is 43.5 Å². The predicted octanol–water partition coefficient (Wildman–Crippen LogP) is 12.3. The average molecular weight is 1150 g/mol. The van der Waals surface area contributed by atoms with Crippen molar-refractivity contribution in [1.29, 1.82) is 0 Å². The molecule has 8 aromatic carbocycles. The van der Waals surface area contributed by atoms with Gasteiger partial charge in [0.1, 0.15) is 34.2 Å². The number of para-hydroxylation sites is 4. The minimum absolute atomic E-state index is 0. The Morgan fingerprint density at radius 3 is 1.57 bits per heavy atom. The second-order valence-electron chi connectivity index (χ2n) is 16.2. The van der Waals surface area contributed by atoms with Crippen LogP contribution in [0, 0.1) is 0 Å². The molecular formula is C54H46CaCl2N6O12S2. The smallest absolute Gasteiger partial charge is 0.871 e. The molecule has 4 N–H and O–H groups in total. The third-order valence-corrected chi connectivity index (χ3v) is 13.6. The van der Waals surface area contributed by atoms with Crippen LogP contribution >= 0.6 is 23.2 Å². The number of carbonyl (C=O) groups excluding carboxylic acids is 1. The first-order chi connectivity index (χ1) is 36.3. The first kappa shape index (κ1) is 59.5. The van der Waals surface area contributed by atoms with Gasteiger partial charge in [0.15, 0.2) is 5.75 Å². The van der Waals surface area contributed by atoms with Crippen molar-refractivity contribution < 1.29 is 55.5 Å². The monoisotopic (exact) mass is 1140 g/mol. The molecule has 8 aromatic rings. The maximum atomic E-state index is 13.5. The zero-order valence-corrected chi connectivity index (χ0v) is 46.9. The van der Waals surface area contributed by atoms with Gasteiger partial charge >= 0.3 is 37.7 Å². The van der Waals surface area contributed by atoms with Crippen molar-refractivity contribution in [2.45, 2.75) is 50.3 Å². The number of anilines is 1. The molecule has 0 bridgehead atoms. The molecule has 0 atom stereocenters. The maximum absolute atomic E-state index is 13.5. The van der Waals surface area contributed by atoms with E-state index >= 15 is 0 Å². The van der Waals surface area contributed by atoms with E-state index in [2.05, 4.69) is 30.8 Å². The van der Waals surface area contributed by atoms with Crippen LogP contribution in [0.25, 0.3) is 21.5 Å². The van der Waals surface area contributed by atoms with Gasteiger partial charge in [-0.1, -0.05) is 116 Å². The average Bonchev–Trinajstić information content (AvgIpc) is 3.40. The van der Waals surface area contributed by atoms with E-state index in [0.717, 1.165) is 12.1 Å². The number of aromatic hydroxyl groups is 1. The number of hydrogen-bond donors (Lipinski definition) is 4. The standard InChI is InChI=1S/2C27H24ClN3O6S.Ca/c2*1-3-16-13-18(38(34,35)36)15-21(28)24(16)30-31-25-19-10-6-5-9-17(19)14-20(26(25)32)27(33)29-22-11-7-8-12-23(22)37-4-2;/h2*5-15,32H,3-4H2,1-2H3,(H,29,33)(H,34,35,36);/q;;+2/p-2. The van der Waals surface area contributed by atoms with Crippen LogP contribution in [0.1, 0.15) is 54.7 Å². The molecule has 392 valence electrons. The van der Waals surface area contributed by atoms with Crippen molar-refractivity contribution in [3.8, 4) is 23.0 Å². The van der Waals surface area contributed by atoms with Crippen molar-refractivity contribution in [3.63, 3.8) is 0 Å². The second kappa shape index (κ2) is 26.1. The van der Waals surface area contributed by atoms with Crippen LogP contribution in [-0.2, 0) is 33.1 Å². The zero-order valence-electron chi connectivity index (χ0n) is 41.6. The van der Waals surface area contributed by atoms with Gasteiger partial charge in [-0.25, -0.2) is 0 Å². The second-order valence-corrected chi connectivity index (χ2v) is 19.9. The number of phenols is 1. The Morgan fingerprint density at radius 1 is 0.597 bits per heavy atom. The van der Waals surface area contributed by atoms with E-state index in [-0.39, 0.29) is 97.1 Å². The summed E-state index contributed by atoms with van der Waals surface area (Å²) < 4.78 is 76.2. The number of carbonyl (C=O) groups is 1. The molecule has 0 radical (unpaired) electrons. The minimum Gasteiger partial charge on any atom is -0.871 e. The largest absolute Gasteiger partial charge is 2.00 e. The Morgan fingerprint density at radius 2 is 1.04 bits per heavy atom. The number of fused-ring (bicyclic) bond motifs is 2. The molecule has 18 nitrogen and oxygen atoms in total. The van der Waals surface area contributed by atoms with E-state index in [4.69, 9.17) is 32.7 Å². The van der Waals surface area contributed by atoms with E-state index in [1.165, 1.54) is 18.2 Å². The van der Waals surface area contributed by atoms with Crippen LogP contribution < -0.4 is 25.0 Å². The van der Waals surface area contributed by atoms with E-state index in [1.807, 2.05) is 6.92 Å². The van der Waals surface area contributed by atoms with E-state index in [1.54, 1.807) is 124 Å². The third-order valence-electron chi connectivity index (χ3n) is 11.4. The molecule has 0 fully saturated rings. The molecule has 1 amide bonds. The van der Waals surface area contributed by atoms with Gasteiger partial charge in [-0.05, 0) is 121 Å². The Hall–Kier alpha value is -6.72. The fourth-order valence-electron chi connectivity index (χ4n) is 7.71. The van der Waals surface area contributed by atoms with Gasteiger partial charge in [0.05, 0.1) is 50.0 Å². The molecule has 0 aliphatic heterocycles. The molecule has 0 aliphatic rings. The SMILES string of the molecule is CCOc1ccccc1N=C([O-])c1cc2ccccc2c(N=Nc2c(Cl)cc(S(=O)(=O)O)cc2CC)c1[O-].CCOc1ccccc1NC(=O)c1cc2ccccc2c(N=Nc2c(Cl)cc(S(=O)(=O)O)cc2CC)c1O.[Ca+2]. The molecule has 0 aliphatic carbocycles. The summed E-state index contributed by atoms with van der Waals surface area (Å²) in [5, 5.41) is 59.3. The number of aryl methyl sites for hydroxylation is 2. The number of hydrogen-bond acceptors (Lipinski definition) is 15. The Kier molecular flexibility index (Phi) is 20.2. The van der Waals surface area contributed by atoms with Gasteiger partial charge in [-0.2, -0.15) is 21.9 Å². The summed E-state index contributed by atoms with van der Waals surface area (Å²) in [5.74, 6) is -1.54. The molecule has 8 rings (SSSR count). The van der Waals surface area contributed by atoms with Crippen molar-refractivity contribution in [2.75, 3.05) is 18.5 Å². The molecule has 0 unspecified atom stereocenters. The van der Waals surface area contributed by atoms with Gasteiger partial charge < -0.3 is 30.1 Å². The number of halogens is 2.